The van der Waals surface area contributed by atoms with E-state index in [-0.39, 0.29) is 6.61 Å². The zero-order chi connectivity index (χ0) is 19.3. The van der Waals surface area contributed by atoms with Gasteiger partial charge in [-0.15, -0.1) is 0 Å². The van der Waals surface area contributed by atoms with Crippen LogP contribution in [0.25, 0.3) is 0 Å². The van der Waals surface area contributed by atoms with Crippen molar-refractivity contribution in [3.8, 4) is 0 Å². The number of carboxylic acid groups (broad SMARTS) is 1. The smallest absolute Gasteiger partial charge is 0.416 e. The van der Waals surface area contributed by atoms with Crippen molar-refractivity contribution >= 4 is 21.9 Å². The molecule has 0 saturated heterocycles. The van der Waals surface area contributed by atoms with E-state index >= 15 is 0 Å². The topological polar surface area (TPSA) is 122 Å². The molecule has 1 aromatic carbocycles. The molecule has 0 bridgehead atoms. The van der Waals surface area contributed by atoms with Gasteiger partial charge in [0.25, 0.3) is 0 Å². The number of ether oxygens (including phenoxy) is 1. The molecule has 1 rings (SSSR count). The summed E-state index contributed by atoms with van der Waals surface area (Å²) in [5.74, 6) is -2.38. The van der Waals surface area contributed by atoms with Crippen LogP contribution in [0.4, 0.5) is 13.2 Å². The van der Waals surface area contributed by atoms with E-state index in [9.17, 15) is 31.2 Å². The minimum absolute atomic E-state index is 0.346. The normalized spacial score (nSPS) is 13.3. The predicted octanol–water partition coefficient (Wildman–Crippen LogP) is 0.200. The number of amides is 1. The molecule has 8 nitrogen and oxygen atoms in total. The van der Waals surface area contributed by atoms with Gasteiger partial charge in [-0.05, 0) is 18.2 Å². The van der Waals surface area contributed by atoms with Gasteiger partial charge in [0.1, 0.15) is 0 Å². The van der Waals surface area contributed by atoms with Crippen molar-refractivity contribution in [1.82, 2.24) is 10.0 Å². The quantitative estimate of drug-likeness (QED) is 0.589. The molecule has 12 heteroatoms. The van der Waals surface area contributed by atoms with Gasteiger partial charge in [0.05, 0.1) is 23.6 Å². The zero-order valence-electron chi connectivity index (χ0n) is 12.8. The highest BCUT2D eigenvalue weighted by Crippen LogP contribution is 2.30. The van der Waals surface area contributed by atoms with Crippen molar-refractivity contribution in [3.05, 3.63) is 29.8 Å². The van der Waals surface area contributed by atoms with Gasteiger partial charge in [-0.2, -0.15) is 13.2 Å². The Balaban J connectivity index is 2.79. The second kappa shape index (κ2) is 8.27. The van der Waals surface area contributed by atoms with Crippen LogP contribution in [0.3, 0.4) is 0 Å². The number of carbonyl (C=O) groups is 2. The number of halogens is 3. The van der Waals surface area contributed by atoms with Crippen LogP contribution in [0.5, 0.6) is 0 Å². The summed E-state index contributed by atoms with van der Waals surface area (Å²) in [4.78, 5) is 21.8. The molecule has 140 valence electrons. The monoisotopic (exact) mass is 384 g/mol. The molecule has 0 radical (unpaired) electrons. The highest BCUT2D eigenvalue weighted by atomic mass is 32.2. The second-order valence-electron chi connectivity index (χ2n) is 4.76. The maximum Gasteiger partial charge on any atom is 0.416 e. The van der Waals surface area contributed by atoms with E-state index in [0.717, 1.165) is 12.1 Å². The molecule has 0 fully saturated rings. The molecule has 1 aromatic rings. The first-order valence-corrected chi connectivity index (χ1v) is 8.13. The number of benzene rings is 1. The molecule has 1 atom stereocenters. The van der Waals surface area contributed by atoms with Crippen LogP contribution in [0.15, 0.2) is 29.2 Å². The van der Waals surface area contributed by atoms with Crippen LogP contribution in [0.2, 0.25) is 0 Å². The number of aliphatic carboxylic acids is 1. The van der Waals surface area contributed by atoms with E-state index in [1.54, 1.807) is 4.72 Å². The number of sulfonamides is 1. The first-order valence-electron chi connectivity index (χ1n) is 6.65. The Bertz CT molecular complexity index is 736. The largest absolute Gasteiger partial charge is 0.480 e. The minimum atomic E-state index is -4.72. The Morgan fingerprint density at radius 3 is 2.48 bits per heavy atom. The third kappa shape index (κ3) is 6.32. The van der Waals surface area contributed by atoms with Gasteiger partial charge in [-0.1, -0.05) is 6.07 Å². The molecule has 0 saturated carbocycles. The van der Waals surface area contributed by atoms with Crippen LogP contribution in [-0.2, 0) is 30.5 Å². The standard InChI is InChI=1S/C13H15F3N2O6S/c1-24-7-10(12(20)21)18-11(19)6-17-25(22,23)9-4-2-3-8(5-9)13(14,15)16/h2-5,10,17H,6-7H2,1H3,(H,18,19)(H,20,21). The van der Waals surface area contributed by atoms with Gasteiger partial charge < -0.3 is 15.2 Å². The van der Waals surface area contributed by atoms with E-state index in [4.69, 9.17) is 5.11 Å². The molecule has 1 amide bonds. The number of rotatable bonds is 8. The molecule has 1 unspecified atom stereocenters. The summed E-state index contributed by atoms with van der Waals surface area (Å²) < 4.78 is 68.2. The average molecular weight is 384 g/mol. The summed E-state index contributed by atoms with van der Waals surface area (Å²) in [6.07, 6.45) is -4.72. The lowest BCUT2D eigenvalue weighted by Gasteiger charge is -2.14. The van der Waals surface area contributed by atoms with E-state index in [1.165, 1.54) is 7.11 Å². The molecule has 0 aliphatic carbocycles. The number of hydrogen-bond acceptors (Lipinski definition) is 5. The van der Waals surface area contributed by atoms with Gasteiger partial charge >= 0.3 is 12.1 Å². The molecular weight excluding hydrogens is 369 g/mol. The van der Waals surface area contributed by atoms with Gasteiger partial charge in [-0.3, -0.25) is 4.79 Å². The van der Waals surface area contributed by atoms with Crippen LogP contribution in [-0.4, -0.2) is 51.7 Å². The Kier molecular flexibility index (Phi) is 6.90. The fourth-order valence-electron chi connectivity index (χ4n) is 1.67. The molecule has 0 aromatic heterocycles. The van der Waals surface area contributed by atoms with Crippen molar-refractivity contribution in [3.63, 3.8) is 0 Å². The van der Waals surface area contributed by atoms with Crippen LogP contribution >= 0.6 is 0 Å². The van der Waals surface area contributed by atoms with Crippen molar-refractivity contribution in [2.75, 3.05) is 20.3 Å². The van der Waals surface area contributed by atoms with Crippen molar-refractivity contribution in [2.24, 2.45) is 0 Å². The van der Waals surface area contributed by atoms with Crippen molar-refractivity contribution < 1.29 is 41.0 Å². The van der Waals surface area contributed by atoms with E-state index in [1.807, 2.05) is 5.32 Å². The summed E-state index contributed by atoms with van der Waals surface area (Å²) in [6.45, 7) is -1.20. The van der Waals surface area contributed by atoms with Gasteiger partial charge in [-0.25, -0.2) is 17.9 Å². The van der Waals surface area contributed by atoms with Crippen LogP contribution < -0.4 is 10.0 Å². The van der Waals surface area contributed by atoms with Gasteiger partial charge in [0.2, 0.25) is 15.9 Å². The Hall–Kier alpha value is -2.18. The lowest BCUT2D eigenvalue weighted by atomic mass is 10.2. The number of carbonyl (C=O) groups excluding carboxylic acids is 1. The Morgan fingerprint density at radius 1 is 1.32 bits per heavy atom. The summed E-state index contributed by atoms with van der Waals surface area (Å²) in [5.41, 5.74) is -1.16. The molecule has 0 heterocycles. The predicted molar refractivity (Wildman–Crippen MR) is 78.1 cm³/mol. The van der Waals surface area contributed by atoms with Crippen LogP contribution in [0, 0.1) is 0 Å². The number of carboxylic acids is 1. The number of alkyl halides is 3. The summed E-state index contributed by atoms with van der Waals surface area (Å²) in [5, 5.41) is 10.8. The second-order valence-corrected chi connectivity index (χ2v) is 6.53. The zero-order valence-corrected chi connectivity index (χ0v) is 13.6. The first-order chi connectivity index (χ1) is 11.5. The van der Waals surface area contributed by atoms with E-state index in [0.29, 0.717) is 12.1 Å². The molecule has 25 heavy (non-hydrogen) atoms. The fourth-order valence-corrected chi connectivity index (χ4v) is 2.70. The Labute approximate surface area is 141 Å². The summed E-state index contributed by atoms with van der Waals surface area (Å²) in [6, 6.07) is 1.58. The van der Waals surface area contributed by atoms with Crippen molar-refractivity contribution in [2.45, 2.75) is 17.1 Å². The lowest BCUT2D eigenvalue weighted by Crippen LogP contribution is -2.47. The maximum atomic E-state index is 12.6. The SMILES string of the molecule is COCC(NC(=O)CNS(=O)(=O)c1cccc(C(F)(F)F)c1)C(=O)O. The number of hydrogen-bond donors (Lipinski definition) is 3. The summed E-state index contributed by atoms with van der Waals surface area (Å²) >= 11 is 0. The van der Waals surface area contributed by atoms with Gasteiger partial charge in [0, 0.05) is 7.11 Å². The number of methoxy groups -OCH3 is 1. The molecule has 0 aliphatic heterocycles. The van der Waals surface area contributed by atoms with Gasteiger partial charge in [0.15, 0.2) is 6.04 Å². The fraction of sp³-hybridized carbons (Fsp3) is 0.385. The third-order valence-electron chi connectivity index (χ3n) is 2.86. The van der Waals surface area contributed by atoms with Crippen LogP contribution in [0.1, 0.15) is 5.56 Å². The van der Waals surface area contributed by atoms with Crippen molar-refractivity contribution in [1.29, 1.82) is 0 Å². The lowest BCUT2D eigenvalue weighted by molar-refractivity contribution is -0.143. The maximum absolute atomic E-state index is 12.6. The third-order valence-corrected chi connectivity index (χ3v) is 4.26. The Morgan fingerprint density at radius 2 is 1.96 bits per heavy atom. The highest BCUT2D eigenvalue weighted by Gasteiger charge is 2.31. The van der Waals surface area contributed by atoms with E-state index < -0.39 is 51.1 Å². The first kappa shape index (κ1) is 20.9. The average Bonchev–Trinajstić information content (AvgIpc) is 2.52. The highest BCUT2D eigenvalue weighted by molar-refractivity contribution is 7.89. The molecule has 0 spiro atoms. The molecule has 3 N–H and O–H groups in total. The molecule has 0 aliphatic rings. The van der Waals surface area contributed by atoms with E-state index in [2.05, 4.69) is 4.74 Å². The number of nitrogens with one attached hydrogen (secondary N) is 2. The minimum Gasteiger partial charge on any atom is -0.480 e. The molecular formula is C13H15F3N2O6S. The summed E-state index contributed by atoms with van der Waals surface area (Å²) in [7, 11) is -3.19.